The quantitative estimate of drug-likeness (QED) is 0.586. The molecule has 3 nitrogen and oxygen atoms in total. The second kappa shape index (κ2) is 3.61. The van der Waals surface area contributed by atoms with E-state index in [0.29, 0.717) is 17.6 Å². The Balaban J connectivity index is 2.61. The van der Waals surface area contributed by atoms with Crippen LogP contribution in [0.25, 0.3) is 5.57 Å². The summed E-state index contributed by atoms with van der Waals surface area (Å²) >= 11 is 0. The van der Waals surface area contributed by atoms with E-state index in [1.165, 1.54) is 7.11 Å². The Morgan fingerprint density at radius 3 is 2.87 bits per heavy atom. The summed E-state index contributed by atoms with van der Waals surface area (Å²) in [6, 6.07) is 7.22. The molecule has 0 aliphatic heterocycles. The molecule has 0 radical (unpaired) electrons. The standard InChI is InChI=1S/C12H12O3/c1-15-12(14)7-6-9(8-13)10-4-2-3-5-11(10)12/h2-6,8,14H,7H2,1H3. The maximum absolute atomic E-state index is 10.8. The molecule has 0 saturated carbocycles. The minimum atomic E-state index is -1.30. The van der Waals surface area contributed by atoms with Gasteiger partial charge in [0, 0.05) is 24.7 Å². The highest BCUT2D eigenvalue weighted by atomic mass is 16.6. The van der Waals surface area contributed by atoms with Crippen molar-refractivity contribution in [2.45, 2.75) is 12.2 Å². The van der Waals surface area contributed by atoms with Gasteiger partial charge in [0.05, 0.1) is 0 Å². The van der Waals surface area contributed by atoms with Crippen LogP contribution in [0.15, 0.2) is 30.3 Å². The second-order valence-corrected chi connectivity index (χ2v) is 3.52. The lowest BCUT2D eigenvalue weighted by Gasteiger charge is -2.31. The third-order valence-electron chi connectivity index (χ3n) is 2.72. The Kier molecular flexibility index (Phi) is 2.42. The van der Waals surface area contributed by atoms with Crippen LogP contribution in [0.5, 0.6) is 0 Å². The molecule has 0 bridgehead atoms. The lowest BCUT2D eigenvalue weighted by Crippen LogP contribution is -2.30. The molecule has 1 aromatic rings. The zero-order valence-corrected chi connectivity index (χ0v) is 8.43. The van der Waals surface area contributed by atoms with Crippen molar-refractivity contribution in [2.24, 2.45) is 0 Å². The summed E-state index contributed by atoms with van der Waals surface area (Å²) in [5.41, 5.74) is 1.99. The highest BCUT2D eigenvalue weighted by Crippen LogP contribution is 2.36. The number of allylic oxidation sites excluding steroid dienone is 1. The van der Waals surface area contributed by atoms with Crippen molar-refractivity contribution in [3.8, 4) is 0 Å². The summed E-state index contributed by atoms with van der Waals surface area (Å²) in [6.45, 7) is 0. The van der Waals surface area contributed by atoms with Gasteiger partial charge in [-0.3, -0.25) is 4.79 Å². The summed E-state index contributed by atoms with van der Waals surface area (Å²) in [6.07, 6.45) is 2.79. The van der Waals surface area contributed by atoms with Crippen LogP contribution < -0.4 is 0 Å². The topological polar surface area (TPSA) is 46.5 Å². The van der Waals surface area contributed by atoms with E-state index in [2.05, 4.69) is 0 Å². The van der Waals surface area contributed by atoms with Crippen molar-refractivity contribution in [1.82, 2.24) is 0 Å². The first-order chi connectivity index (χ1) is 7.21. The molecule has 0 spiro atoms. The van der Waals surface area contributed by atoms with Crippen LogP contribution in [0, 0.1) is 0 Å². The predicted octanol–water partition coefficient (Wildman–Crippen LogP) is 1.46. The Bertz CT molecular complexity index is 423. The van der Waals surface area contributed by atoms with Gasteiger partial charge in [-0.25, -0.2) is 0 Å². The molecule has 0 amide bonds. The molecule has 1 aliphatic rings. The second-order valence-electron chi connectivity index (χ2n) is 3.52. The zero-order chi connectivity index (χ0) is 10.9. The largest absolute Gasteiger partial charge is 0.362 e. The van der Waals surface area contributed by atoms with Crippen molar-refractivity contribution in [3.05, 3.63) is 41.5 Å². The molecular formula is C12H12O3. The van der Waals surface area contributed by atoms with Crippen molar-refractivity contribution in [2.75, 3.05) is 7.11 Å². The van der Waals surface area contributed by atoms with Crippen LogP contribution in [0.4, 0.5) is 0 Å². The van der Waals surface area contributed by atoms with Crippen LogP contribution in [-0.2, 0) is 15.3 Å². The Labute approximate surface area is 88.0 Å². The fourth-order valence-electron chi connectivity index (χ4n) is 1.85. The highest BCUT2D eigenvalue weighted by Gasteiger charge is 2.34. The Morgan fingerprint density at radius 1 is 1.47 bits per heavy atom. The molecule has 1 unspecified atom stereocenters. The molecule has 78 valence electrons. The molecule has 0 saturated heterocycles. The van der Waals surface area contributed by atoms with E-state index in [9.17, 15) is 9.90 Å². The first-order valence-electron chi connectivity index (χ1n) is 4.74. The normalized spacial score (nSPS) is 24.3. The smallest absolute Gasteiger partial charge is 0.196 e. The molecular weight excluding hydrogens is 192 g/mol. The van der Waals surface area contributed by atoms with Gasteiger partial charge in [-0.1, -0.05) is 30.3 Å². The summed E-state index contributed by atoms with van der Waals surface area (Å²) in [5.74, 6) is -1.30. The van der Waals surface area contributed by atoms with Gasteiger partial charge in [-0.2, -0.15) is 0 Å². The minimum absolute atomic E-state index is 0.300. The summed E-state index contributed by atoms with van der Waals surface area (Å²) in [5, 5.41) is 10.2. The Morgan fingerprint density at radius 2 is 2.20 bits per heavy atom. The molecule has 0 aromatic heterocycles. The molecule has 0 fully saturated rings. The number of carbonyl (C=O) groups excluding carboxylic acids is 1. The zero-order valence-electron chi connectivity index (χ0n) is 8.43. The summed E-state index contributed by atoms with van der Waals surface area (Å²) in [4.78, 5) is 10.8. The number of fused-ring (bicyclic) bond motifs is 1. The molecule has 3 heteroatoms. The van der Waals surface area contributed by atoms with E-state index in [1.54, 1.807) is 18.2 Å². The lowest BCUT2D eigenvalue weighted by molar-refractivity contribution is -0.192. The first kappa shape index (κ1) is 10.1. The number of hydrogen-bond donors (Lipinski definition) is 1. The number of ether oxygens (including phenoxy) is 1. The van der Waals surface area contributed by atoms with E-state index in [4.69, 9.17) is 4.74 Å². The lowest BCUT2D eigenvalue weighted by atomic mass is 9.87. The van der Waals surface area contributed by atoms with Crippen molar-refractivity contribution < 1.29 is 14.6 Å². The maximum atomic E-state index is 10.8. The SMILES string of the molecule is COC1(O)CC=C(C=O)c2ccccc21. The molecule has 2 rings (SSSR count). The van der Waals surface area contributed by atoms with Gasteiger partial charge >= 0.3 is 0 Å². The van der Waals surface area contributed by atoms with E-state index in [0.717, 1.165) is 11.8 Å². The van der Waals surface area contributed by atoms with Gasteiger partial charge in [0.1, 0.15) is 6.29 Å². The van der Waals surface area contributed by atoms with Gasteiger partial charge in [0.25, 0.3) is 0 Å². The van der Waals surface area contributed by atoms with Gasteiger partial charge in [-0.15, -0.1) is 0 Å². The predicted molar refractivity (Wildman–Crippen MR) is 56.0 cm³/mol. The van der Waals surface area contributed by atoms with Crippen LogP contribution in [0.3, 0.4) is 0 Å². The highest BCUT2D eigenvalue weighted by molar-refractivity contribution is 6.08. The van der Waals surface area contributed by atoms with Gasteiger partial charge < -0.3 is 9.84 Å². The average Bonchev–Trinajstić information content (AvgIpc) is 2.30. The van der Waals surface area contributed by atoms with E-state index >= 15 is 0 Å². The van der Waals surface area contributed by atoms with Crippen LogP contribution >= 0.6 is 0 Å². The van der Waals surface area contributed by atoms with Gasteiger partial charge in [-0.05, 0) is 5.56 Å². The molecule has 1 N–H and O–H groups in total. The number of hydrogen-bond acceptors (Lipinski definition) is 3. The monoisotopic (exact) mass is 204 g/mol. The molecule has 15 heavy (non-hydrogen) atoms. The number of methoxy groups -OCH3 is 1. The van der Waals surface area contributed by atoms with Crippen molar-refractivity contribution in [3.63, 3.8) is 0 Å². The van der Waals surface area contributed by atoms with E-state index < -0.39 is 5.79 Å². The first-order valence-corrected chi connectivity index (χ1v) is 4.74. The number of aldehydes is 1. The number of carbonyl (C=O) groups is 1. The molecule has 1 atom stereocenters. The number of benzene rings is 1. The van der Waals surface area contributed by atoms with Crippen LogP contribution in [0.2, 0.25) is 0 Å². The number of aliphatic hydroxyl groups is 1. The van der Waals surface area contributed by atoms with Crippen LogP contribution in [-0.4, -0.2) is 18.5 Å². The third kappa shape index (κ3) is 1.50. The van der Waals surface area contributed by atoms with E-state index in [1.807, 2.05) is 12.1 Å². The van der Waals surface area contributed by atoms with E-state index in [-0.39, 0.29) is 0 Å². The average molecular weight is 204 g/mol. The third-order valence-corrected chi connectivity index (χ3v) is 2.72. The number of rotatable bonds is 2. The maximum Gasteiger partial charge on any atom is 0.196 e. The fraction of sp³-hybridized carbons (Fsp3) is 0.250. The minimum Gasteiger partial charge on any atom is -0.362 e. The fourth-order valence-corrected chi connectivity index (χ4v) is 1.85. The van der Waals surface area contributed by atoms with Crippen LogP contribution in [0.1, 0.15) is 17.5 Å². The molecule has 1 aliphatic carbocycles. The van der Waals surface area contributed by atoms with Gasteiger partial charge in [0.15, 0.2) is 5.79 Å². The van der Waals surface area contributed by atoms with Gasteiger partial charge in [0.2, 0.25) is 0 Å². The summed E-state index contributed by atoms with van der Waals surface area (Å²) < 4.78 is 5.09. The molecule has 1 aromatic carbocycles. The van der Waals surface area contributed by atoms with Crippen molar-refractivity contribution >= 4 is 11.9 Å². The van der Waals surface area contributed by atoms with Crippen molar-refractivity contribution in [1.29, 1.82) is 0 Å². The Hall–Kier alpha value is -1.45. The summed E-state index contributed by atoms with van der Waals surface area (Å²) in [7, 11) is 1.45. The molecule has 0 heterocycles.